The van der Waals surface area contributed by atoms with Gasteiger partial charge in [0.15, 0.2) is 5.17 Å². The highest BCUT2D eigenvalue weighted by molar-refractivity contribution is 8.18. The van der Waals surface area contributed by atoms with Gasteiger partial charge in [-0.25, -0.2) is 9.79 Å². The molecule has 8 heteroatoms. The molecule has 4 rings (SSSR count). The number of rotatable bonds is 4. The molecule has 1 aromatic heterocycles. The molecule has 1 saturated heterocycles. The molecule has 1 fully saturated rings. The lowest BCUT2D eigenvalue weighted by molar-refractivity contribution is -0.121. The summed E-state index contributed by atoms with van der Waals surface area (Å²) in [6, 6.07) is 17.1. The van der Waals surface area contributed by atoms with Crippen molar-refractivity contribution in [3.8, 4) is 11.3 Å². The maximum atomic E-state index is 12.6. The lowest BCUT2D eigenvalue weighted by atomic mass is 10.2. The molecular weight excluding hydrogens is 424 g/mol. The van der Waals surface area contributed by atoms with Crippen LogP contribution in [0.15, 0.2) is 75.0 Å². The molecule has 0 atom stereocenters. The first-order chi connectivity index (χ1) is 14.4. The second kappa shape index (κ2) is 8.22. The molecule has 0 radical (unpaired) electrons. The molecule has 0 spiro atoms. The largest absolute Gasteiger partial charge is 0.478 e. The number of halogens is 1. The number of benzene rings is 2. The average molecular weight is 439 g/mol. The Morgan fingerprint density at radius 1 is 1.17 bits per heavy atom. The van der Waals surface area contributed by atoms with E-state index in [1.807, 2.05) is 18.2 Å². The van der Waals surface area contributed by atoms with Crippen LogP contribution in [0.2, 0.25) is 5.02 Å². The van der Waals surface area contributed by atoms with Crippen LogP contribution in [0.4, 0.5) is 5.69 Å². The van der Waals surface area contributed by atoms with Gasteiger partial charge in [-0.15, -0.1) is 0 Å². The fourth-order valence-corrected chi connectivity index (χ4v) is 3.89. The Labute approximate surface area is 181 Å². The molecule has 0 saturated carbocycles. The molecule has 3 aromatic rings. The van der Waals surface area contributed by atoms with E-state index in [9.17, 15) is 9.59 Å². The minimum atomic E-state index is -1.03. The van der Waals surface area contributed by atoms with Gasteiger partial charge in [0, 0.05) is 23.7 Å². The Kier molecular flexibility index (Phi) is 5.48. The quantitative estimate of drug-likeness (QED) is 0.541. The first kappa shape index (κ1) is 20.0. The number of hydrogen-bond acceptors (Lipinski definition) is 5. The number of carbonyl (C=O) groups excluding carboxylic acids is 1. The number of thioether (sulfide) groups is 1. The van der Waals surface area contributed by atoms with Crippen molar-refractivity contribution in [1.29, 1.82) is 0 Å². The summed E-state index contributed by atoms with van der Waals surface area (Å²) in [5.41, 5.74) is 1.48. The summed E-state index contributed by atoms with van der Waals surface area (Å²) in [6.07, 6.45) is 1.67. The topological polar surface area (TPSA) is 83.1 Å². The van der Waals surface area contributed by atoms with E-state index >= 15 is 0 Å². The van der Waals surface area contributed by atoms with Crippen molar-refractivity contribution in [1.82, 2.24) is 4.90 Å². The third kappa shape index (κ3) is 4.17. The predicted octanol–water partition coefficient (Wildman–Crippen LogP) is 5.53. The molecular formula is C22H15ClN2O4S. The van der Waals surface area contributed by atoms with Crippen LogP contribution in [0.3, 0.4) is 0 Å². The van der Waals surface area contributed by atoms with Crippen molar-refractivity contribution in [2.24, 2.45) is 4.99 Å². The third-order valence-corrected chi connectivity index (χ3v) is 5.66. The van der Waals surface area contributed by atoms with E-state index in [2.05, 4.69) is 4.99 Å². The van der Waals surface area contributed by atoms with Crippen molar-refractivity contribution >= 4 is 52.2 Å². The summed E-state index contributed by atoms with van der Waals surface area (Å²) in [5.74, 6) is -0.0342. The molecule has 2 heterocycles. The highest BCUT2D eigenvalue weighted by atomic mass is 35.5. The number of carbonyl (C=O) groups is 2. The van der Waals surface area contributed by atoms with E-state index in [4.69, 9.17) is 21.1 Å². The number of carboxylic acids is 1. The lowest BCUT2D eigenvalue weighted by Gasteiger charge is -2.07. The SMILES string of the molecule is CN1C(=O)/C(=C/c2ccc(-c3ccc(Cl)cc3)o2)SC1=Nc1cccc(C(=O)O)c1. The standard InChI is InChI=1S/C22H15ClN2O4S/c1-25-20(26)19(30-22(25)24-16-4-2-3-14(11-16)21(27)28)12-17-9-10-18(29-17)13-5-7-15(23)8-6-13/h2-12H,1H3,(H,27,28)/b19-12-,24-22?. The van der Waals surface area contributed by atoms with E-state index < -0.39 is 5.97 Å². The number of aromatic carboxylic acids is 1. The summed E-state index contributed by atoms with van der Waals surface area (Å²) in [4.78, 5) is 30.1. The second-order valence-electron chi connectivity index (χ2n) is 6.43. The van der Waals surface area contributed by atoms with Crippen LogP contribution in [-0.4, -0.2) is 34.1 Å². The zero-order valence-electron chi connectivity index (χ0n) is 15.7. The van der Waals surface area contributed by atoms with E-state index in [-0.39, 0.29) is 11.5 Å². The van der Waals surface area contributed by atoms with Crippen molar-refractivity contribution in [3.05, 3.63) is 81.9 Å². The summed E-state index contributed by atoms with van der Waals surface area (Å²) in [6.45, 7) is 0. The molecule has 0 bridgehead atoms. The van der Waals surface area contributed by atoms with Gasteiger partial charge in [-0.3, -0.25) is 9.69 Å². The van der Waals surface area contributed by atoms with Crippen LogP contribution in [-0.2, 0) is 4.79 Å². The molecule has 6 nitrogen and oxygen atoms in total. The van der Waals surface area contributed by atoms with Crippen molar-refractivity contribution in [3.63, 3.8) is 0 Å². The Balaban J connectivity index is 1.58. The monoisotopic (exact) mass is 438 g/mol. The van der Waals surface area contributed by atoms with Gasteiger partial charge in [0.2, 0.25) is 0 Å². The number of amidine groups is 1. The number of amides is 1. The Morgan fingerprint density at radius 3 is 2.67 bits per heavy atom. The van der Waals surface area contributed by atoms with Crippen LogP contribution in [0.5, 0.6) is 0 Å². The number of likely N-dealkylation sites (N-methyl/N-ethyl adjacent to an activating group) is 1. The molecule has 1 aliphatic rings. The van der Waals surface area contributed by atoms with Crippen molar-refractivity contribution in [2.45, 2.75) is 0 Å². The van der Waals surface area contributed by atoms with E-state index in [1.54, 1.807) is 43.5 Å². The molecule has 0 aliphatic carbocycles. The summed E-state index contributed by atoms with van der Waals surface area (Å²) in [5, 5.41) is 10.2. The number of aliphatic imine (C=N–C) groups is 1. The number of hydrogen-bond donors (Lipinski definition) is 1. The van der Waals surface area contributed by atoms with Crippen LogP contribution < -0.4 is 0 Å². The maximum Gasteiger partial charge on any atom is 0.335 e. The van der Waals surface area contributed by atoms with E-state index in [0.717, 1.165) is 5.56 Å². The highest BCUT2D eigenvalue weighted by Crippen LogP contribution is 2.34. The summed E-state index contributed by atoms with van der Waals surface area (Å²) >= 11 is 7.12. The van der Waals surface area contributed by atoms with Gasteiger partial charge in [0.1, 0.15) is 11.5 Å². The first-order valence-corrected chi connectivity index (χ1v) is 10.1. The lowest BCUT2D eigenvalue weighted by Crippen LogP contribution is -2.23. The summed E-state index contributed by atoms with van der Waals surface area (Å²) in [7, 11) is 1.62. The van der Waals surface area contributed by atoms with Gasteiger partial charge < -0.3 is 9.52 Å². The average Bonchev–Trinajstić information content (AvgIpc) is 3.30. The van der Waals surface area contributed by atoms with Gasteiger partial charge in [0.05, 0.1) is 16.2 Å². The number of nitrogens with zero attached hydrogens (tertiary/aromatic N) is 2. The van der Waals surface area contributed by atoms with Gasteiger partial charge in [-0.2, -0.15) is 0 Å². The Bertz CT molecular complexity index is 1200. The van der Waals surface area contributed by atoms with Gasteiger partial charge in [-0.05, 0) is 66.4 Å². The zero-order chi connectivity index (χ0) is 21.3. The fourth-order valence-electron chi connectivity index (χ4n) is 2.80. The fraction of sp³-hybridized carbons (Fsp3) is 0.0455. The van der Waals surface area contributed by atoms with Crippen molar-refractivity contribution in [2.75, 3.05) is 7.05 Å². The third-order valence-electron chi connectivity index (χ3n) is 4.35. The van der Waals surface area contributed by atoms with Crippen LogP contribution in [0.1, 0.15) is 16.1 Å². The van der Waals surface area contributed by atoms with Gasteiger partial charge in [0.25, 0.3) is 5.91 Å². The minimum absolute atomic E-state index is 0.134. The highest BCUT2D eigenvalue weighted by Gasteiger charge is 2.30. The first-order valence-electron chi connectivity index (χ1n) is 8.86. The number of carboxylic acid groups (broad SMARTS) is 1. The molecule has 150 valence electrons. The maximum absolute atomic E-state index is 12.6. The number of furan rings is 1. The van der Waals surface area contributed by atoms with Gasteiger partial charge in [-0.1, -0.05) is 17.7 Å². The van der Waals surface area contributed by atoms with Crippen LogP contribution in [0.25, 0.3) is 17.4 Å². The van der Waals surface area contributed by atoms with Gasteiger partial charge >= 0.3 is 5.97 Å². The Hall–Kier alpha value is -3.29. The van der Waals surface area contributed by atoms with Crippen molar-refractivity contribution < 1.29 is 19.1 Å². The zero-order valence-corrected chi connectivity index (χ0v) is 17.3. The van der Waals surface area contributed by atoms with E-state index in [1.165, 1.54) is 28.8 Å². The molecule has 2 aromatic carbocycles. The second-order valence-corrected chi connectivity index (χ2v) is 7.88. The van der Waals surface area contributed by atoms with Crippen LogP contribution in [0, 0.1) is 0 Å². The van der Waals surface area contributed by atoms with Crippen LogP contribution >= 0.6 is 23.4 Å². The molecule has 1 amide bonds. The molecule has 30 heavy (non-hydrogen) atoms. The normalized spacial score (nSPS) is 16.6. The van der Waals surface area contributed by atoms with E-state index in [0.29, 0.717) is 32.3 Å². The smallest absolute Gasteiger partial charge is 0.335 e. The molecule has 1 N–H and O–H groups in total. The molecule has 1 aliphatic heterocycles. The predicted molar refractivity (Wildman–Crippen MR) is 118 cm³/mol. The Morgan fingerprint density at radius 2 is 1.93 bits per heavy atom. The minimum Gasteiger partial charge on any atom is -0.478 e. The molecule has 0 unspecified atom stereocenters. The summed E-state index contributed by atoms with van der Waals surface area (Å²) < 4.78 is 5.84.